The van der Waals surface area contributed by atoms with Crippen LogP contribution in [0.4, 0.5) is 70.2 Å². The van der Waals surface area contributed by atoms with Crippen LogP contribution in [0.3, 0.4) is 0 Å². The van der Waals surface area contributed by atoms with Crippen LogP contribution in [0.5, 0.6) is 0 Å². The third kappa shape index (κ3) is 4.86. The highest BCUT2D eigenvalue weighted by atomic mass is 19.4. The summed E-state index contributed by atoms with van der Waals surface area (Å²) >= 11 is 0. The van der Waals surface area contributed by atoms with E-state index in [1.54, 1.807) is 0 Å². The molecule has 0 saturated carbocycles. The van der Waals surface area contributed by atoms with Crippen molar-refractivity contribution in [2.75, 3.05) is 0 Å². The molecule has 0 aromatic rings. The number of hydrogen-bond acceptors (Lipinski definition) is 1. The van der Waals surface area contributed by atoms with Crippen molar-refractivity contribution in [2.45, 2.75) is 87.4 Å². The van der Waals surface area contributed by atoms with E-state index in [0.29, 0.717) is 0 Å². The first-order valence-corrected chi connectivity index (χ1v) is 8.76. The van der Waals surface area contributed by atoms with Crippen LogP contribution >= 0.6 is 0 Å². The van der Waals surface area contributed by atoms with Crippen molar-refractivity contribution in [1.82, 2.24) is 0 Å². The van der Waals surface area contributed by atoms with E-state index in [0.717, 1.165) is 0 Å². The zero-order chi connectivity index (χ0) is 27.1. The molecule has 0 saturated heterocycles. The van der Waals surface area contributed by atoms with Crippen molar-refractivity contribution >= 4 is 5.78 Å². The van der Waals surface area contributed by atoms with Gasteiger partial charge < -0.3 is 0 Å². The molecule has 0 aliphatic carbocycles. The van der Waals surface area contributed by atoms with Crippen LogP contribution in [-0.4, -0.2) is 53.7 Å². The molecule has 33 heavy (non-hydrogen) atoms. The zero-order valence-corrected chi connectivity index (χ0v) is 16.4. The van der Waals surface area contributed by atoms with E-state index in [9.17, 15) is 75.0 Å². The number of rotatable bonds is 13. The lowest BCUT2D eigenvalue weighted by Crippen LogP contribution is -2.73. The molecule has 1 nitrogen and oxygen atoms in total. The van der Waals surface area contributed by atoms with Crippen molar-refractivity contribution < 1.29 is 75.0 Å². The van der Waals surface area contributed by atoms with Gasteiger partial charge in [-0.05, 0) is 12.8 Å². The average molecular weight is 528 g/mol. The molecule has 0 heterocycles. The van der Waals surface area contributed by atoms with Crippen molar-refractivity contribution in [3.63, 3.8) is 0 Å². The Morgan fingerprint density at radius 2 is 1.03 bits per heavy atom. The second-order valence-corrected chi connectivity index (χ2v) is 7.13. The fraction of sp³-hybridized carbons (Fsp3) is 0.938. The Morgan fingerprint density at radius 1 is 0.667 bits per heavy atom. The lowest BCUT2D eigenvalue weighted by molar-refractivity contribution is -0.447. The average Bonchev–Trinajstić information content (AvgIpc) is 2.65. The predicted octanol–water partition coefficient (Wildman–Crippen LogP) is 7.48. The van der Waals surface area contributed by atoms with E-state index in [2.05, 4.69) is 0 Å². The molecule has 0 aromatic heterocycles. The minimum atomic E-state index is -8.39. The van der Waals surface area contributed by atoms with Gasteiger partial charge in [0.1, 0.15) is 5.78 Å². The van der Waals surface area contributed by atoms with Gasteiger partial charge in [0.2, 0.25) is 0 Å². The summed E-state index contributed by atoms with van der Waals surface area (Å²) in [5.74, 6) is -56.1. The van der Waals surface area contributed by atoms with Crippen molar-refractivity contribution in [2.24, 2.45) is 5.92 Å². The third-order valence-electron chi connectivity index (χ3n) is 4.81. The minimum Gasteiger partial charge on any atom is -0.299 e. The number of carbonyl (C=O) groups excluding carboxylic acids is 1. The normalized spacial score (nSPS) is 16.3. The minimum absolute atomic E-state index is 0.127. The van der Waals surface area contributed by atoms with E-state index in [4.69, 9.17) is 0 Å². The molecule has 0 aromatic carbocycles. The quantitative estimate of drug-likeness (QED) is 0.227. The van der Waals surface area contributed by atoms with Crippen LogP contribution in [0.1, 0.15) is 39.5 Å². The molecule has 1 atom stereocenters. The Kier molecular flexibility index (Phi) is 8.89. The molecule has 0 bridgehead atoms. The monoisotopic (exact) mass is 528 g/mol. The molecule has 1 unspecified atom stereocenters. The number of carbonyl (C=O) groups is 1. The first-order valence-electron chi connectivity index (χ1n) is 8.76. The second-order valence-electron chi connectivity index (χ2n) is 7.13. The van der Waals surface area contributed by atoms with E-state index in [1.807, 2.05) is 0 Å². The molecule has 0 radical (unpaired) electrons. The molecule has 0 spiro atoms. The smallest absolute Gasteiger partial charge is 0.299 e. The topological polar surface area (TPSA) is 17.1 Å². The van der Waals surface area contributed by atoms with E-state index in [1.165, 1.54) is 13.8 Å². The van der Waals surface area contributed by atoms with Gasteiger partial charge in [0.25, 0.3) is 0 Å². The lowest BCUT2D eigenvalue weighted by atomic mass is 9.87. The van der Waals surface area contributed by atoms with Crippen LogP contribution in [0.15, 0.2) is 0 Å². The highest BCUT2D eigenvalue weighted by molar-refractivity contribution is 5.80. The number of alkyl halides is 16. The van der Waals surface area contributed by atoms with Crippen LogP contribution < -0.4 is 0 Å². The number of Topliss-reactive ketones (excluding diaryl/α,β-unsaturated/α-hetero) is 1. The molecule has 0 aliphatic heterocycles. The molecule has 0 amide bonds. The predicted molar refractivity (Wildman–Crippen MR) is 78.9 cm³/mol. The summed E-state index contributed by atoms with van der Waals surface area (Å²) in [6, 6.07) is 0. The molecule has 0 rings (SSSR count). The molecule has 0 N–H and O–H groups in total. The van der Waals surface area contributed by atoms with Gasteiger partial charge in [-0.3, -0.25) is 4.79 Å². The standard InChI is InChI=1S/C16H16F16O/c1-3-7(2)8(33)5-4-6-10(19,20)12(23,24)14(27,28)16(31,32)15(29,30)13(25,26)11(21,22)9(17)18/h7,9H,3-6H2,1-2H3. The van der Waals surface area contributed by atoms with Crippen molar-refractivity contribution in [1.29, 1.82) is 0 Å². The van der Waals surface area contributed by atoms with Crippen molar-refractivity contribution in [3.8, 4) is 0 Å². The van der Waals surface area contributed by atoms with Crippen molar-refractivity contribution in [3.05, 3.63) is 0 Å². The molecule has 17 heteroatoms. The molecular formula is C16H16F16O. The summed E-state index contributed by atoms with van der Waals surface area (Å²) < 4.78 is 211. The molecule has 0 fully saturated rings. The van der Waals surface area contributed by atoms with Gasteiger partial charge in [-0.15, -0.1) is 0 Å². The first-order chi connectivity index (χ1) is 14.3. The fourth-order valence-corrected chi connectivity index (χ4v) is 2.28. The van der Waals surface area contributed by atoms with Gasteiger partial charge in [-0.2, -0.15) is 61.5 Å². The maximum Gasteiger partial charge on any atom is 0.384 e. The maximum atomic E-state index is 13.6. The Hall–Kier alpha value is -1.45. The maximum absolute atomic E-state index is 13.6. The van der Waals surface area contributed by atoms with Crippen LogP contribution in [0.2, 0.25) is 0 Å². The fourth-order valence-electron chi connectivity index (χ4n) is 2.28. The largest absolute Gasteiger partial charge is 0.384 e. The van der Waals surface area contributed by atoms with Crippen LogP contribution in [-0.2, 0) is 4.79 Å². The number of ketones is 1. The summed E-state index contributed by atoms with van der Waals surface area (Å²) in [4.78, 5) is 11.4. The van der Waals surface area contributed by atoms with Crippen LogP contribution in [0, 0.1) is 5.92 Å². The Labute approximate surface area is 175 Å². The molecule has 198 valence electrons. The Morgan fingerprint density at radius 3 is 1.39 bits per heavy atom. The SMILES string of the molecule is CCC(C)C(=O)CCCC(F)(F)C(F)(F)C(F)(F)C(F)(F)C(F)(F)C(F)(F)C(F)(F)C(F)F. The summed E-state index contributed by atoms with van der Waals surface area (Å²) in [7, 11) is 0. The lowest BCUT2D eigenvalue weighted by Gasteiger charge is -2.42. The summed E-state index contributed by atoms with van der Waals surface area (Å²) in [6.45, 7) is 2.68. The highest BCUT2D eigenvalue weighted by Crippen LogP contribution is 2.63. The number of halogens is 16. The highest BCUT2D eigenvalue weighted by Gasteiger charge is 2.93. The van der Waals surface area contributed by atoms with E-state index >= 15 is 0 Å². The van der Waals surface area contributed by atoms with Gasteiger partial charge in [0.15, 0.2) is 0 Å². The number of hydrogen-bond donors (Lipinski definition) is 0. The summed E-state index contributed by atoms with van der Waals surface area (Å²) in [5, 5.41) is 0. The van der Waals surface area contributed by atoms with Gasteiger partial charge in [-0.1, -0.05) is 13.8 Å². The van der Waals surface area contributed by atoms with Crippen LogP contribution in [0.25, 0.3) is 0 Å². The second kappa shape index (κ2) is 9.30. The molecular weight excluding hydrogens is 512 g/mol. The summed E-state index contributed by atoms with van der Waals surface area (Å²) in [5.41, 5.74) is 0. The van der Waals surface area contributed by atoms with E-state index < -0.39 is 78.8 Å². The molecule has 0 aliphatic rings. The summed E-state index contributed by atoms with van der Waals surface area (Å²) in [6.07, 6.45) is -10.6. The van der Waals surface area contributed by atoms with Gasteiger partial charge >= 0.3 is 47.9 Å². The van der Waals surface area contributed by atoms with E-state index in [-0.39, 0.29) is 6.42 Å². The first kappa shape index (κ1) is 31.6. The van der Waals surface area contributed by atoms with Gasteiger partial charge in [0.05, 0.1) is 0 Å². The Bertz CT molecular complexity index is 684. The Balaban J connectivity index is 6.17. The van der Waals surface area contributed by atoms with Gasteiger partial charge in [-0.25, -0.2) is 8.78 Å². The zero-order valence-electron chi connectivity index (χ0n) is 16.4. The third-order valence-corrected chi connectivity index (χ3v) is 4.81. The van der Waals surface area contributed by atoms with Gasteiger partial charge in [0, 0.05) is 18.8 Å².